The summed E-state index contributed by atoms with van der Waals surface area (Å²) in [7, 11) is 4.15. The lowest BCUT2D eigenvalue weighted by Crippen LogP contribution is -2.46. The summed E-state index contributed by atoms with van der Waals surface area (Å²) >= 11 is 3.43. The zero-order valence-electron chi connectivity index (χ0n) is 15.9. The summed E-state index contributed by atoms with van der Waals surface area (Å²) < 4.78 is 0. The van der Waals surface area contributed by atoms with Crippen LogP contribution < -0.4 is 21.8 Å². The summed E-state index contributed by atoms with van der Waals surface area (Å²) in [6.07, 6.45) is 3.36. The Balaban J connectivity index is 1.77. The number of benzene rings is 1. The zero-order valence-corrected chi connectivity index (χ0v) is 17.5. The third-order valence-corrected chi connectivity index (χ3v) is 5.79. The lowest BCUT2D eigenvalue weighted by Gasteiger charge is -2.08. The van der Waals surface area contributed by atoms with E-state index in [1.54, 1.807) is 12.2 Å². The highest BCUT2D eigenvalue weighted by Gasteiger charge is 1.99. The number of aromatic amines is 2. The number of aromatic nitrogens is 2. The van der Waals surface area contributed by atoms with E-state index < -0.39 is 0 Å². The molecule has 2 aromatic heterocycles. The summed E-state index contributed by atoms with van der Waals surface area (Å²) in [5.74, 6) is 2.05. The highest BCUT2D eigenvalue weighted by atomic mass is 32.2. The molecule has 0 spiro atoms. The molecule has 3 rings (SSSR count). The highest BCUT2D eigenvalue weighted by molar-refractivity contribution is 7.98. The minimum atomic E-state index is -0.315. The molecule has 0 aliphatic heterocycles. The molecule has 0 saturated heterocycles. The molecule has 2 N–H and O–H groups in total. The van der Waals surface area contributed by atoms with Gasteiger partial charge in [0.15, 0.2) is 0 Å². The Morgan fingerprint density at radius 2 is 1.61 bits per heavy atom. The van der Waals surface area contributed by atoms with Crippen molar-refractivity contribution in [2.24, 2.45) is 0 Å². The predicted molar refractivity (Wildman–Crippen MR) is 120 cm³/mol. The predicted octanol–water partition coefficient (Wildman–Crippen LogP) is 1.58. The number of nitrogens with zero attached hydrogens (tertiary/aromatic N) is 1. The standard InChI is InChI=1S/C21H23N3O2S2/c1-24(2)8-10-28-13-16-5-3-15(4-6-16)11-18-20(25)23-19(21(26)22-18)12-17-7-9-27-14-17/h3-7,9,11-12,14H,8,10,13H2,1-2H3,(H,22,26)(H,23,25)/b18-11-,19-12-. The molecule has 0 radical (unpaired) electrons. The second-order valence-electron chi connectivity index (χ2n) is 6.68. The van der Waals surface area contributed by atoms with E-state index in [4.69, 9.17) is 0 Å². The van der Waals surface area contributed by atoms with Crippen molar-refractivity contribution in [1.82, 2.24) is 14.9 Å². The number of thioether (sulfide) groups is 1. The van der Waals surface area contributed by atoms with Crippen molar-refractivity contribution in [2.75, 3.05) is 26.4 Å². The number of hydrogen-bond donors (Lipinski definition) is 2. The Hall–Kier alpha value is -2.35. The van der Waals surface area contributed by atoms with E-state index in [0.717, 1.165) is 29.2 Å². The topological polar surface area (TPSA) is 69.0 Å². The largest absolute Gasteiger partial charge is 0.316 e. The van der Waals surface area contributed by atoms with E-state index in [-0.39, 0.29) is 21.8 Å². The smallest absolute Gasteiger partial charge is 0.272 e. The number of H-pyrrole nitrogens is 2. The van der Waals surface area contributed by atoms with Crippen LogP contribution in [0.1, 0.15) is 16.7 Å². The molecule has 0 aliphatic carbocycles. The molecule has 5 nitrogen and oxygen atoms in total. The van der Waals surface area contributed by atoms with Crippen molar-refractivity contribution in [3.63, 3.8) is 0 Å². The number of hydrogen-bond acceptors (Lipinski definition) is 5. The molecule has 3 aromatic rings. The summed E-state index contributed by atoms with van der Waals surface area (Å²) in [6.45, 7) is 1.06. The van der Waals surface area contributed by atoms with Crippen LogP contribution in [0.15, 0.2) is 50.7 Å². The van der Waals surface area contributed by atoms with Gasteiger partial charge in [-0.2, -0.15) is 23.1 Å². The average molecular weight is 414 g/mol. The fourth-order valence-electron chi connectivity index (χ4n) is 2.53. The monoisotopic (exact) mass is 413 g/mol. The number of nitrogens with one attached hydrogen (secondary N) is 2. The van der Waals surface area contributed by atoms with Crippen molar-refractivity contribution in [3.8, 4) is 0 Å². The van der Waals surface area contributed by atoms with Gasteiger partial charge in [0.1, 0.15) is 10.7 Å². The summed E-state index contributed by atoms with van der Waals surface area (Å²) in [5.41, 5.74) is 2.37. The van der Waals surface area contributed by atoms with E-state index in [9.17, 15) is 9.59 Å². The SMILES string of the molecule is CN(C)CCSCc1ccc(/C=c2\[nH]c(=O)/c(=C/c3ccsc3)[nH]c2=O)cc1. The zero-order chi connectivity index (χ0) is 19.9. The maximum Gasteiger partial charge on any atom is 0.272 e. The maximum atomic E-state index is 12.3. The van der Waals surface area contributed by atoms with Gasteiger partial charge in [-0.1, -0.05) is 24.3 Å². The van der Waals surface area contributed by atoms with Crippen molar-refractivity contribution in [1.29, 1.82) is 0 Å². The number of thiophene rings is 1. The molecule has 0 saturated carbocycles. The first kappa shape index (κ1) is 20.4. The maximum absolute atomic E-state index is 12.3. The van der Waals surface area contributed by atoms with Gasteiger partial charge >= 0.3 is 0 Å². The quantitative estimate of drug-likeness (QED) is 0.577. The van der Waals surface area contributed by atoms with Crippen LogP contribution in [0.4, 0.5) is 0 Å². The van der Waals surface area contributed by atoms with Gasteiger partial charge in [0.05, 0.1) is 0 Å². The molecule has 7 heteroatoms. The van der Waals surface area contributed by atoms with Gasteiger partial charge in [-0.05, 0) is 59.8 Å². The molecule has 0 atom stereocenters. The second kappa shape index (κ2) is 9.73. The Labute approximate surface area is 171 Å². The van der Waals surface area contributed by atoms with Crippen molar-refractivity contribution < 1.29 is 0 Å². The van der Waals surface area contributed by atoms with Crippen molar-refractivity contribution in [2.45, 2.75) is 5.75 Å². The molecule has 1 aromatic carbocycles. The van der Waals surface area contributed by atoms with Gasteiger partial charge < -0.3 is 14.9 Å². The first-order chi connectivity index (χ1) is 13.5. The molecule has 2 heterocycles. The van der Waals surface area contributed by atoms with Crippen LogP contribution in [-0.2, 0) is 5.75 Å². The van der Waals surface area contributed by atoms with E-state index in [2.05, 4.69) is 41.1 Å². The minimum absolute atomic E-state index is 0.251. The van der Waals surface area contributed by atoms with Crippen molar-refractivity contribution in [3.05, 3.63) is 89.2 Å². The van der Waals surface area contributed by atoms with Crippen LogP contribution in [-0.4, -0.2) is 41.3 Å². The van der Waals surface area contributed by atoms with Gasteiger partial charge in [0, 0.05) is 18.1 Å². The lowest BCUT2D eigenvalue weighted by molar-refractivity contribution is 0.437. The van der Waals surface area contributed by atoms with Crippen LogP contribution in [0.2, 0.25) is 0 Å². The molecule has 146 valence electrons. The Morgan fingerprint density at radius 1 is 0.964 bits per heavy atom. The van der Waals surface area contributed by atoms with Gasteiger partial charge in [-0.3, -0.25) is 9.59 Å². The Morgan fingerprint density at radius 3 is 2.18 bits per heavy atom. The Bertz CT molecular complexity index is 1130. The molecule has 0 fully saturated rings. The van der Waals surface area contributed by atoms with Crippen LogP contribution in [0.3, 0.4) is 0 Å². The molecule has 0 bridgehead atoms. The van der Waals surface area contributed by atoms with Crippen LogP contribution in [0.5, 0.6) is 0 Å². The first-order valence-electron chi connectivity index (χ1n) is 8.91. The molecule has 0 aliphatic rings. The second-order valence-corrected chi connectivity index (χ2v) is 8.56. The van der Waals surface area contributed by atoms with E-state index in [0.29, 0.717) is 0 Å². The molecular weight excluding hydrogens is 390 g/mol. The summed E-state index contributed by atoms with van der Waals surface area (Å²) in [4.78, 5) is 32.1. The first-order valence-corrected chi connectivity index (χ1v) is 11.0. The van der Waals surface area contributed by atoms with Gasteiger partial charge in [0.25, 0.3) is 11.1 Å². The summed E-state index contributed by atoms with van der Waals surface area (Å²) in [6, 6.07) is 9.93. The van der Waals surface area contributed by atoms with Gasteiger partial charge in [-0.15, -0.1) is 0 Å². The third-order valence-electron chi connectivity index (χ3n) is 4.08. The average Bonchev–Trinajstić information content (AvgIpc) is 3.17. The fourth-order valence-corrected chi connectivity index (χ4v) is 4.22. The lowest BCUT2D eigenvalue weighted by atomic mass is 10.1. The molecule has 28 heavy (non-hydrogen) atoms. The minimum Gasteiger partial charge on any atom is -0.316 e. The van der Waals surface area contributed by atoms with E-state index >= 15 is 0 Å². The van der Waals surface area contributed by atoms with E-state index in [1.807, 2.05) is 40.7 Å². The molecule has 0 unspecified atom stereocenters. The normalized spacial score (nSPS) is 12.8. The number of rotatable bonds is 7. The van der Waals surface area contributed by atoms with Crippen molar-refractivity contribution >= 4 is 35.3 Å². The van der Waals surface area contributed by atoms with Crippen LogP contribution >= 0.6 is 23.1 Å². The van der Waals surface area contributed by atoms with Gasteiger partial charge in [0.2, 0.25) is 0 Å². The molecular formula is C21H23N3O2S2. The summed E-state index contributed by atoms with van der Waals surface area (Å²) in [5, 5.41) is 4.34. The van der Waals surface area contributed by atoms with Crippen LogP contribution in [0.25, 0.3) is 12.2 Å². The molecule has 0 amide bonds. The van der Waals surface area contributed by atoms with Gasteiger partial charge in [-0.25, -0.2) is 0 Å². The van der Waals surface area contributed by atoms with E-state index in [1.165, 1.54) is 16.9 Å². The fraction of sp³-hybridized carbons (Fsp3) is 0.238. The van der Waals surface area contributed by atoms with Crippen LogP contribution in [0, 0.1) is 0 Å². The third kappa shape index (κ3) is 5.82. The Kier molecular flexibility index (Phi) is 7.08. The highest BCUT2D eigenvalue weighted by Crippen LogP contribution is 2.13.